The predicted molar refractivity (Wildman–Crippen MR) is 107 cm³/mol. The Morgan fingerprint density at radius 1 is 1.00 bits per heavy atom. The molecule has 0 spiro atoms. The second-order valence-corrected chi connectivity index (χ2v) is 6.83. The standard InChI is InChI=1S/C22H22N4O3/c1-28-17-7-9-18(10-8-17)29-21-20(24-12-13-25-21)16-5-4-14-26(15-16)22(27)19-6-2-3-11-23-19/h2-3,6-13,16H,4-5,14-15H2,1H3/t16-/m0/s1. The minimum absolute atomic E-state index is 0.0540. The molecule has 0 unspecified atom stereocenters. The van der Waals surface area contributed by atoms with E-state index in [2.05, 4.69) is 15.0 Å². The maximum atomic E-state index is 12.8. The molecule has 1 saturated heterocycles. The van der Waals surface area contributed by atoms with Crippen molar-refractivity contribution in [1.82, 2.24) is 19.9 Å². The Morgan fingerprint density at radius 2 is 1.79 bits per heavy atom. The lowest BCUT2D eigenvalue weighted by Crippen LogP contribution is -2.39. The van der Waals surface area contributed by atoms with Gasteiger partial charge in [0.15, 0.2) is 0 Å². The van der Waals surface area contributed by atoms with Gasteiger partial charge in [-0.15, -0.1) is 0 Å². The van der Waals surface area contributed by atoms with Crippen LogP contribution in [0.4, 0.5) is 0 Å². The van der Waals surface area contributed by atoms with E-state index in [1.807, 2.05) is 35.2 Å². The molecule has 2 aromatic heterocycles. The first-order valence-electron chi connectivity index (χ1n) is 9.57. The number of nitrogens with zero attached hydrogens (tertiary/aromatic N) is 4. The van der Waals surface area contributed by atoms with Crippen molar-refractivity contribution in [3.63, 3.8) is 0 Å². The molecule has 7 nitrogen and oxygen atoms in total. The molecule has 1 aliphatic rings. The van der Waals surface area contributed by atoms with Crippen LogP contribution in [0.1, 0.15) is 34.9 Å². The Bertz CT molecular complexity index is 963. The number of ether oxygens (including phenoxy) is 2. The van der Waals surface area contributed by atoms with Crippen LogP contribution in [-0.2, 0) is 0 Å². The highest BCUT2D eigenvalue weighted by atomic mass is 16.5. The summed E-state index contributed by atoms with van der Waals surface area (Å²) in [6, 6.07) is 12.7. The molecule has 0 radical (unpaired) electrons. The lowest BCUT2D eigenvalue weighted by molar-refractivity contribution is 0.0699. The normalized spacial score (nSPS) is 16.3. The van der Waals surface area contributed by atoms with Gasteiger partial charge in [0.2, 0.25) is 5.88 Å². The Kier molecular flexibility index (Phi) is 5.65. The summed E-state index contributed by atoms with van der Waals surface area (Å²) < 4.78 is 11.2. The Hall–Kier alpha value is -3.48. The third-order valence-corrected chi connectivity index (χ3v) is 4.94. The molecule has 4 rings (SSSR count). The van der Waals surface area contributed by atoms with E-state index < -0.39 is 0 Å². The number of pyridine rings is 1. The fraction of sp³-hybridized carbons (Fsp3) is 0.273. The second kappa shape index (κ2) is 8.68. The third kappa shape index (κ3) is 4.34. The number of likely N-dealkylation sites (tertiary alicyclic amines) is 1. The molecule has 0 bridgehead atoms. The summed E-state index contributed by atoms with van der Waals surface area (Å²) in [5.74, 6) is 1.88. The number of aromatic nitrogens is 3. The number of hydrogen-bond donors (Lipinski definition) is 0. The van der Waals surface area contributed by atoms with Gasteiger partial charge in [-0.2, -0.15) is 0 Å². The lowest BCUT2D eigenvalue weighted by atomic mass is 9.94. The maximum Gasteiger partial charge on any atom is 0.272 e. The fourth-order valence-electron chi connectivity index (χ4n) is 3.49. The molecule has 1 aliphatic heterocycles. The number of carbonyl (C=O) groups is 1. The van der Waals surface area contributed by atoms with Gasteiger partial charge in [0, 0.05) is 37.6 Å². The highest BCUT2D eigenvalue weighted by Crippen LogP contribution is 2.33. The van der Waals surface area contributed by atoms with Crippen molar-refractivity contribution in [2.75, 3.05) is 20.2 Å². The van der Waals surface area contributed by atoms with Crippen LogP contribution in [0.15, 0.2) is 61.1 Å². The number of methoxy groups -OCH3 is 1. The van der Waals surface area contributed by atoms with E-state index in [-0.39, 0.29) is 11.8 Å². The quantitative estimate of drug-likeness (QED) is 0.661. The van der Waals surface area contributed by atoms with E-state index in [0.29, 0.717) is 30.4 Å². The maximum absolute atomic E-state index is 12.8. The van der Waals surface area contributed by atoms with Gasteiger partial charge in [0.1, 0.15) is 22.9 Å². The average molecular weight is 390 g/mol. The summed E-state index contributed by atoms with van der Waals surface area (Å²) in [4.78, 5) is 27.7. The molecule has 1 fully saturated rings. The Morgan fingerprint density at radius 3 is 2.55 bits per heavy atom. The van der Waals surface area contributed by atoms with E-state index in [1.165, 1.54) is 0 Å². The zero-order valence-corrected chi connectivity index (χ0v) is 16.2. The summed E-state index contributed by atoms with van der Waals surface area (Å²) in [5.41, 5.74) is 1.23. The number of rotatable bonds is 5. The van der Waals surface area contributed by atoms with E-state index in [1.54, 1.807) is 37.8 Å². The predicted octanol–water partition coefficient (Wildman–Crippen LogP) is 3.69. The molecule has 0 aliphatic carbocycles. The fourth-order valence-corrected chi connectivity index (χ4v) is 3.49. The summed E-state index contributed by atoms with van der Waals surface area (Å²) in [6.45, 7) is 1.27. The molecule has 0 N–H and O–H groups in total. The number of benzene rings is 1. The van der Waals surface area contributed by atoms with Gasteiger partial charge >= 0.3 is 0 Å². The van der Waals surface area contributed by atoms with Crippen LogP contribution in [0, 0.1) is 0 Å². The number of carbonyl (C=O) groups excluding carboxylic acids is 1. The van der Waals surface area contributed by atoms with E-state index in [0.717, 1.165) is 24.3 Å². The van der Waals surface area contributed by atoms with Gasteiger partial charge in [-0.1, -0.05) is 6.07 Å². The molecule has 0 saturated carbocycles. The third-order valence-electron chi connectivity index (χ3n) is 4.94. The molecule has 148 valence electrons. The number of amides is 1. The molecular formula is C22H22N4O3. The summed E-state index contributed by atoms with van der Waals surface area (Å²) in [6.07, 6.45) is 6.72. The summed E-state index contributed by atoms with van der Waals surface area (Å²) in [7, 11) is 1.62. The largest absolute Gasteiger partial charge is 0.497 e. The first kappa shape index (κ1) is 18.9. The van der Waals surface area contributed by atoms with Crippen LogP contribution in [0.3, 0.4) is 0 Å². The van der Waals surface area contributed by atoms with Crippen molar-refractivity contribution in [3.05, 3.63) is 72.4 Å². The van der Waals surface area contributed by atoms with Gasteiger partial charge in [-0.05, 0) is 49.2 Å². The van der Waals surface area contributed by atoms with Crippen LogP contribution in [0.25, 0.3) is 0 Å². The Balaban J connectivity index is 1.52. The van der Waals surface area contributed by atoms with Gasteiger partial charge in [-0.25, -0.2) is 4.98 Å². The SMILES string of the molecule is COc1ccc(Oc2nccnc2[C@H]2CCCN(C(=O)c3ccccn3)C2)cc1. The summed E-state index contributed by atoms with van der Waals surface area (Å²) >= 11 is 0. The van der Waals surface area contributed by atoms with Crippen LogP contribution in [0.5, 0.6) is 17.4 Å². The molecule has 1 atom stereocenters. The average Bonchev–Trinajstić information content (AvgIpc) is 2.80. The molecule has 3 heterocycles. The number of piperidine rings is 1. The highest BCUT2D eigenvalue weighted by Gasteiger charge is 2.29. The van der Waals surface area contributed by atoms with Crippen molar-refractivity contribution in [2.24, 2.45) is 0 Å². The molecule has 1 amide bonds. The minimum atomic E-state index is -0.0585. The minimum Gasteiger partial charge on any atom is -0.497 e. The highest BCUT2D eigenvalue weighted by molar-refractivity contribution is 5.92. The van der Waals surface area contributed by atoms with Crippen LogP contribution in [-0.4, -0.2) is 46.0 Å². The lowest BCUT2D eigenvalue weighted by Gasteiger charge is -2.32. The van der Waals surface area contributed by atoms with Crippen molar-refractivity contribution >= 4 is 5.91 Å². The van der Waals surface area contributed by atoms with Gasteiger partial charge in [-0.3, -0.25) is 14.8 Å². The summed E-state index contributed by atoms with van der Waals surface area (Å²) in [5, 5.41) is 0. The van der Waals surface area contributed by atoms with Crippen LogP contribution >= 0.6 is 0 Å². The zero-order valence-electron chi connectivity index (χ0n) is 16.2. The molecule has 3 aromatic rings. The van der Waals surface area contributed by atoms with E-state index in [4.69, 9.17) is 9.47 Å². The first-order valence-corrected chi connectivity index (χ1v) is 9.57. The zero-order chi connectivity index (χ0) is 20.1. The van der Waals surface area contributed by atoms with Gasteiger partial charge in [0.25, 0.3) is 5.91 Å². The number of hydrogen-bond acceptors (Lipinski definition) is 6. The molecule has 29 heavy (non-hydrogen) atoms. The van der Waals surface area contributed by atoms with Gasteiger partial charge < -0.3 is 14.4 Å². The molecule has 7 heteroatoms. The van der Waals surface area contributed by atoms with Crippen LogP contribution in [0.2, 0.25) is 0 Å². The van der Waals surface area contributed by atoms with Crippen molar-refractivity contribution < 1.29 is 14.3 Å². The van der Waals surface area contributed by atoms with E-state index in [9.17, 15) is 4.79 Å². The van der Waals surface area contributed by atoms with Crippen molar-refractivity contribution in [1.29, 1.82) is 0 Å². The van der Waals surface area contributed by atoms with Crippen molar-refractivity contribution in [3.8, 4) is 17.4 Å². The first-order chi connectivity index (χ1) is 14.2. The second-order valence-electron chi connectivity index (χ2n) is 6.83. The Labute approximate surface area is 169 Å². The topological polar surface area (TPSA) is 77.4 Å². The van der Waals surface area contributed by atoms with Crippen molar-refractivity contribution in [2.45, 2.75) is 18.8 Å². The smallest absolute Gasteiger partial charge is 0.272 e. The molecular weight excluding hydrogens is 368 g/mol. The van der Waals surface area contributed by atoms with Gasteiger partial charge in [0.05, 0.1) is 7.11 Å². The van der Waals surface area contributed by atoms with Crippen LogP contribution < -0.4 is 9.47 Å². The molecule has 1 aromatic carbocycles. The van der Waals surface area contributed by atoms with E-state index >= 15 is 0 Å². The monoisotopic (exact) mass is 390 g/mol.